The van der Waals surface area contributed by atoms with Crippen LogP contribution in [0.4, 0.5) is 0 Å². The summed E-state index contributed by atoms with van der Waals surface area (Å²) in [7, 11) is 0. The van der Waals surface area contributed by atoms with E-state index in [0.29, 0.717) is 0 Å². The minimum Gasteiger partial charge on any atom is -0.271 e. The molecule has 0 fully saturated rings. The first-order chi connectivity index (χ1) is 10.2. The molecule has 3 N–H and O–H groups in total. The van der Waals surface area contributed by atoms with E-state index in [-0.39, 0.29) is 6.04 Å². The summed E-state index contributed by atoms with van der Waals surface area (Å²) in [4.78, 5) is 4.20. The molecule has 1 heterocycles. The fourth-order valence-electron chi connectivity index (χ4n) is 3.01. The Hall–Kier alpha value is -2.23. The maximum absolute atomic E-state index is 5.90. The monoisotopic (exact) mass is 277 g/mol. The zero-order chi connectivity index (χ0) is 14.8. The fourth-order valence-corrected chi connectivity index (χ4v) is 3.01. The Morgan fingerprint density at radius 3 is 2.43 bits per heavy atom. The Morgan fingerprint density at radius 1 is 1.00 bits per heavy atom. The summed E-state index contributed by atoms with van der Waals surface area (Å²) in [5, 5.41) is 2.31. The van der Waals surface area contributed by atoms with Gasteiger partial charge < -0.3 is 0 Å². The molecule has 0 radical (unpaired) electrons. The first-order valence-corrected chi connectivity index (χ1v) is 7.07. The molecule has 21 heavy (non-hydrogen) atoms. The lowest BCUT2D eigenvalue weighted by Gasteiger charge is -2.22. The number of nitrogens with two attached hydrogens (primary N) is 1. The molecule has 3 nitrogen and oxygen atoms in total. The summed E-state index contributed by atoms with van der Waals surface area (Å²) < 4.78 is 0. The molecule has 1 unspecified atom stereocenters. The van der Waals surface area contributed by atoms with Crippen molar-refractivity contribution in [3.05, 3.63) is 77.1 Å². The molecule has 3 aromatic rings. The van der Waals surface area contributed by atoms with Crippen molar-refractivity contribution in [2.45, 2.75) is 19.9 Å². The number of nitrogens with zero attached hydrogens (tertiary/aromatic N) is 1. The lowest BCUT2D eigenvalue weighted by molar-refractivity contribution is 0.634. The number of nitrogens with one attached hydrogen (secondary N) is 1. The van der Waals surface area contributed by atoms with Crippen LogP contribution in [0.5, 0.6) is 0 Å². The number of benzene rings is 2. The second kappa shape index (κ2) is 5.64. The van der Waals surface area contributed by atoms with E-state index in [9.17, 15) is 0 Å². The zero-order valence-electron chi connectivity index (χ0n) is 12.3. The van der Waals surface area contributed by atoms with Crippen LogP contribution in [0.15, 0.2) is 54.9 Å². The van der Waals surface area contributed by atoms with E-state index < -0.39 is 0 Å². The maximum Gasteiger partial charge on any atom is 0.0721 e. The molecule has 0 saturated carbocycles. The number of aryl methyl sites for hydroxylation is 2. The van der Waals surface area contributed by atoms with Crippen LogP contribution in [0.25, 0.3) is 10.8 Å². The average Bonchev–Trinajstić information content (AvgIpc) is 2.51. The van der Waals surface area contributed by atoms with Crippen molar-refractivity contribution in [2.24, 2.45) is 5.84 Å². The maximum atomic E-state index is 5.90. The standard InChI is InChI=1S/C18H19N3/c1-12-5-3-6-13(2)17(12)18(21-19)16-8-4-7-14-11-20-10-9-15(14)16/h3-11,18,21H,19H2,1-2H3. The van der Waals surface area contributed by atoms with Gasteiger partial charge in [0.05, 0.1) is 6.04 Å². The quantitative estimate of drug-likeness (QED) is 0.570. The van der Waals surface area contributed by atoms with Gasteiger partial charge in [0, 0.05) is 17.8 Å². The van der Waals surface area contributed by atoms with E-state index in [2.05, 4.69) is 60.7 Å². The third-order valence-corrected chi connectivity index (χ3v) is 4.02. The van der Waals surface area contributed by atoms with E-state index in [1.807, 2.05) is 18.5 Å². The highest BCUT2D eigenvalue weighted by atomic mass is 15.2. The predicted octanol–water partition coefficient (Wildman–Crippen LogP) is 3.40. The van der Waals surface area contributed by atoms with E-state index in [1.165, 1.54) is 27.6 Å². The van der Waals surface area contributed by atoms with Crippen LogP contribution in [-0.2, 0) is 0 Å². The normalized spacial score (nSPS) is 12.5. The number of hydrogen-bond donors (Lipinski definition) is 2. The second-order valence-electron chi connectivity index (χ2n) is 5.35. The summed E-state index contributed by atoms with van der Waals surface area (Å²) in [6, 6.07) is 14.6. The first-order valence-electron chi connectivity index (χ1n) is 7.07. The first kappa shape index (κ1) is 13.7. The van der Waals surface area contributed by atoms with Gasteiger partial charge in [-0.2, -0.15) is 0 Å². The minimum atomic E-state index is -0.0303. The molecule has 106 valence electrons. The Morgan fingerprint density at radius 2 is 1.71 bits per heavy atom. The van der Waals surface area contributed by atoms with Gasteiger partial charge in [-0.25, -0.2) is 5.43 Å². The van der Waals surface area contributed by atoms with Crippen molar-refractivity contribution < 1.29 is 0 Å². The van der Waals surface area contributed by atoms with Gasteiger partial charge >= 0.3 is 0 Å². The number of hydrogen-bond acceptors (Lipinski definition) is 3. The molecule has 0 amide bonds. The highest BCUT2D eigenvalue weighted by Gasteiger charge is 2.18. The largest absolute Gasteiger partial charge is 0.271 e. The number of fused-ring (bicyclic) bond motifs is 1. The van der Waals surface area contributed by atoms with Crippen LogP contribution in [0.1, 0.15) is 28.3 Å². The van der Waals surface area contributed by atoms with Crippen LogP contribution >= 0.6 is 0 Å². The third kappa shape index (κ3) is 2.42. The van der Waals surface area contributed by atoms with Gasteiger partial charge in [0.2, 0.25) is 0 Å². The lowest BCUT2D eigenvalue weighted by atomic mass is 9.89. The summed E-state index contributed by atoms with van der Waals surface area (Å²) in [6.45, 7) is 4.25. The van der Waals surface area contributed by atoms with Gasteiger partial charge in [-0.05, 0) is 47.6 Å². The number of pyridine rings is 1. The summed E-state index contributed by atoms with van der Waals surface area (Å²) >= 11 is 0. The highest BCUT2D eigenvalue weighted by molar-refractivity contribution is 5.85. The van der Waals surface area contributed by atoms with Crippen LogP contribution in [0.2, 0.25) is 0 Å². The van der Waals surface area contributed by atoms with E-state index in [1.54, 1.807) is 0 Å². The predicted molar refractivity (Wildman–Crippen MR) is 86.8 cm³/mol. The van der Waals surface area contributed by atoms with Crippen molar-refractivity contribution in [1.82, 2.24) is 10.4 Å². The van der Waals surface area contributed by atoms with Crippen molar-refractivity contribution >= 4 is 10.8 Å². The molecular weight excluding hydrogens is 258 g/mol. The van der Waals surface area contributed by atoms with Crippen molar-refractivity contribution in [3.8, 4) is 0 Å². The van der Waals surface area contributed by atoms with Crippen LogP contribution in [0, 0.1) is 13.8 Å². The molecule has 0 aliphatic rings. The van der Waals surface area contributed by atoms with Crippen molar-refractivity contribution in [1.29, 1.82) is 0 Å². The van der Waals surface area contributed by atoms with Gasteiger partial charge in [-0.15, -0.1) is 0 Å². The van der Waals surface area contributed by atoms with Crippen molar-refractivity contribution in [2.75, 3.05) is 0 Å². The number of aromatic nitrogens is 1. The Kier molecular flexibility index (Phi) is 3.69. The molecule has 3 rings (SSSR count). The molecule has 3 heteroatoms. The Balaban J connectivity index is 2.24. The number of hydrazine groups is 1. The fraction of sp³-hybridized carbons (Fsp3) is 0.167. The molecule has 1 atom stereocenters. The van der Waals surface area contributed by atoms with Gasteiger partial charge in [0.25, 0.3) is 0 Å². The third-order valence-electron chi connectivity index (χ3n) is 4.02. The molecule has 0 spiro atoms. The smallest absolute Gasteiger partial charge is 0.0721 e. The van der Waals surface area contributed by atoms with Crippen LogP contribution in [0.3, 0.4) is 0 Å². The van der Waals surface area contributed by atoms with E-state index >= 15 is 0 Å². The number of rotatable bonds is 3. The van der Waals surface area contributed by atoms with Gasteiger partial charge in [0.1, 0.15) is 0 Å². The summed E-state index contributed by atoms with van der Waals surface area (Å²) in [5.74, 6) is 5.90. The topological polar surface area (TPSA) is 50.9 Å². The molecule has 0 aliphatic carbocycles. The molecule has 0 bridgehead atoms. The van der Waals surface area contributed by atoms with E-state index in [0.717, 1.165) is 5.39 Å². The molecular formula is C18H19N3. The van der Waals surface area contributed by atoms with Gasteiger partial charge in [-0.3, -0.25) is 10.8 Å². The molecule has 1 aromatic heterocycles. The summed E-state index contributed by atoms with van der Waals surface area (Å²) in [5.41, 5.74) is 7.88. The van der Waals surface area contributed by atoms with Crippen LogP contribution < -0.4 is 11.3 Å². The zero-order valence-corrected chi connectivity index (χ0v) is 12.3. The average molecular weight is 277 g/mol. The van der Waals surface area contributed by atoms with Gasteiger partial charge in [-0.1, -0.05) is 36.4 Å². The second-order valence-corrected chi connectivity index (χ2v) is 5.35. The van der Waals surface area contributed by atoms with E-state index in [4.69, 9.17) is 5.84 Å². The minimum absolute atomic E-state index is 0.0303. The van der Waals surface area contributed by atoms with Crippen LogP contribution in [-0.4, -0.2) is 4.98 Å². The summed E-state index contributed by atoms with van der Waals surface area (Å²) in [6.07, 6.45) is 3.71. The Bertz CT molecular complexity index is 755. The molecule has 0 saturated heterocycles. The molecule has 2 aromatic carbocycles. The molecule has 0 aliphatic heterocycles. The van der Waals surface area contributed by atoms with Crippen molar-refractivity contribution in [3.63, 3.8) is 0 Å². The lowest BCUT2D eigenvalue weighted by Crippen LogP contribution is -2.30. The highest BCUT2D eigenvalue weighted by Crippen LogP contribution is 2.31. The van der Waals surface area contributed by atoms with Gasteiger partial charge in [0.15, 0.2) is 0 Å². The Labute approximate surface area is 124 Å². The SMILES string of the molecule is Cc1cccc(C)c1C(NN)c1cccc2cnccc12.